The molecule has 1 saturated carbocycles. The number of aliphatic hydroxyl groups excluding tert-OH is 1. The molecule has 2 aliphatic carbocycles. The Morgan fingerprint density at radius 1 is 1.41 bits per heavy atom. The quantitative estimate of drug-likeness (QED) is 0.832. The average molecular weight is 232 g/mol. The molecule has 2 unspecified atom stereocenters. The minimum absolute atomic E-state index is 0.163. The smallest absolute Gasteiger partial charge is 0.0692 e. The van der Waals surface area contributed by atoms with Gasteiger partial charge in [-0.15, -0.1) is 0 Å². The van der Waals surface area contributed by atoms with Crippen LogP contribution in [0.25, 0.3) is 0 Å². The lowest BCUT2D eigenvalue weighted by atomic mass is 9.92. The number of hydrogen-bond donors (Lipinski definition) is 2. The number of fused-ring (bicyclic) bond motifs is 1. The summed E-state index contributed by atoms with van der Waals surface area (Å²) in [6.07, 6.45) is 7.61. The second-order valence-corrected chi connectivity index (χ2v) is 5.31. The molecule has 0 amide bonds. The maximum Gasteiger partial charge on any atom is 0.0692 e. The van der Waals surface area contributed by atoms with Crippen LogP contribution in [0.2, 0.25) is 0 Å². The molecule has 0 aromatic carbocycles. The first kappa shape index (κ1) is 11.2. The summed E-state index contributed by atoms with van der Waals surface area (Å²) in [6, 6.07) is 4.53. The van der Waals surface area contributed by atoms with Crippen LogP contribution in [-0.4, -0.2) is 22.7 Å². The Labute approximate surface area is 102 Å². The highest BCUT2D eigenvalue weighted by molar-refractivity contribution is 5.25. The number of aryl methyl sites for hydroxylation is 1. The van der Waals surface area contributed by atoms with E-state index in [-0.39, 0.29) is 6.10 Å². The van der Waals surface area contributed by atoms with Gasteiger partial charge in [-0.05, 0) is 49.7 Å². The molecule has 2 atom stereocenters. The standard InChI is InChI=1S/C14H20N2O/c17-13(10-6-7-10)9-16-12-5-1-3-11-4-2-8-15-14(11)12/h2,4,8,10,12-13,16-17H,1,3,5-7,9H2. The maximum absolute atomic E-state index is 9.88. The molecule has 0 spiro atoms. The van der Waals surface area contributed by atoms with Gasteiger partial charge in [-0.25, -0.2) is 0 Å². The van der Waals surface area contributed by atoms with E-state index in [1.807, 2.05) is 12.3 Å². The van der Waals surface area contributed by atoms with Gasteiger partial charge in [-0.3, -0.25) is 4.98 Å². The Morgan fingerprint density at radius 3 is 3.12 bits per heavy atom. The Morgan fingerprint density at radius 2 is 2.29 bits per heavy atom. The summed E-state index contributed by atoms with van der Waals surface area (Å²) in [5.74, 6) is 0.550. The molecule has 92 valence electrons. The summed E-state index contributed by atoms with van der Waals surface area (Å²) >= 11 is 0. The number of rotatable bonds is 4. The van der Waals surface area contributed by atoms with E-state index < -0.39 is 0 Å². The van der Waals surface area contributed by atoms with Crippen molar-refractivity contribution in [1.82, 2.24) is 10.3 Å². The molecule has 3 heteroatoms. The van der Waals surface area contributed by atoms with E-state index in [0.717, 1.165) is 12.8 Å². The van der Waals surface area contributed by atoms with Gasteiger partial charge < -0.3 is 10.4 Å². The molecule has 0 aliphatic heterocycles. The van der Waals surface area contributed by atoms with E-state index in [2.05, 4.69) is 16.4 Å². The van der Waals surface area contributed by atoms with Crippen molar-refractivity contribution in [3.8, 4) is 0 Å². The zero-order valence-corrected chi connectivity index (χ0v) is 10.1. The highest BCUT2D eigenvalue weighted by atomic mass is 16.3. The average Bonchev–Trinajstić information content (AvgIpc) is 3.20. The van der Waals surface area contributed by atoms with E-state index in [4.69, 9.17) is 0 Å². The van der Waals surface area contributed by atoms with Crippen LogP contribution in [0.4, 0.5) is 0 Å². The highest BCUT2D eigenvalue weighted by Crippen LogP contribution is 2.33. The minimum Gasteiger partial charge on any atom is -0.392 e. The van der Waals surface area contributed by atoms with Crippen LogP contribution < -0.4 is 5.32 Å². The molecule has 2 N–H and O–H groups in total. The van der Waals surface area contributed by atoms with Crippen molar-refractivity contribution in [3.05, 3.63) is 29.6 Å². The molecule has 1 heterocycles. The SMILES string of the molecule is OC(CNC1CCCc2cccnc21)C1CC1. The van der Waals surface area contributed by atoms with Crippen molar-refractivity contribution < 1.29 is 5.11 Å². The van der Waals surface area contributed by atoms with Gasteiger partial charge in [0.15, 0.2) is 0 Å². The fraction of sp³-hybridized carbons (Fsp3) is 0.643. The molecular weight excluding hydrogens is 212 g/mol. The van der Waals surface area contributed by atoms with E-state index in [0.29, 0.717) is 18.5 Å². The fourth-order valence-corrected chi connectivity index (χ4v) is 2.72. The largest absolute Gasteiger partial charge is 0.392 e. The Bertz CT molecular complexity index is 390. The van der Waals surface area contributed by atoms with Crippen molar-refractivity contribution in [2.24, 2.45) is 5.92 Å². The lowest BCUT2D eigenvalue weighted by molar-refractivity contribution is 0.143. The molecule has 3 nitrogen and oxygen atoms in total. The maximum atomic E-state index is 9.88. The molecule has 0 bridgehead atoms. The van der Waals surface area contributed by atoms with Gasteiger partial charge in [-0.2, -0.15) is 0 Å². The highest BCUT2D eigenvalue weighted by Gasteiger charge is 2.30. The van der Waals surface area contributed by atoms with E-state index in [9.17, 15) is 5.11 Å². The van der Waals surface area contributed by atoms with E-state index in [1.165, 1.54) is 30.5 Å². The second-order valence-electron chi connectivity index (χ2n) is 5.31. The van der Waals surface area contributed by atoms with Gasteiger partial charge >= 0.3 is 0 Å². The molecule has 0 radical (unpaired) electrons. The van der Waals surface area contributed by atoms with Crippen LogP contribution in [0.15, 0.2) is 18.3 Å². The monoisotopic (exact) mass is 232 g/mol. The second kappa shape index (κ2) is 4.75. The van der Waals surface area contributed by atoms with Crippen molar-refractivity contribution in [1.29, 1.82) is 0 Å². The third kappa shape index (κ3) is 2.50. The van der Waals surface area contributed by atoms with Gasteiger partial charge in [0.25, 0.3) is 0 Å². The molecule has 2 aliphatic rings. The summed E-state index contributed by atoms with van der Waals surface area (Å²) < 4.78 is 0. The molecule has 0 saturated heterocycles. The van der Waals surface area contributed by atoms with Crippen molar-refractivity contribution in [2.75, 3.05) is 6.54 Å². The number of nitrogens with one attached hydrogen (secondary N) is 1. The van der Waals surface area contributed by atoms with Gasteiger partial charge in [-0.1, -0.05) is 6.07 Å². The lowest BCUT2D eigenvalue weighted by Crippen LogP contribution is -2.33. The third-order valence-corrected chi connectivity index (χ3v) is 3.93. The van der Waals surface area contributed by atoms with Gasteiger partial charge in [0.05, 0.1) is 11.8 Å². The predicted molar refractivity (Wildman–Crippen MR) is 66.6 cm³/mol. The van der Waals surface area contributed by atoms with Crippen LogP contribution in [0.3, 0.4) is 0 Å². The zero-order valence-electron chi connectivity index (χ0n) is 10.1. The van der Waals surface area contributed by atoms with Crippen molar-refractivity contribution in [2.45, 2.75) is 44.2 Å². The third-order valence-electron chi connectivity index (χ3n) is 3.93. The topological polar surface area (TPSA) is 45.1 Å². The van der Waals surface area contributed by atoms with Gasteiger partial charge in [0.2, 0.25) is 0 Å². The first-order valence-electron chi connectivity index (χ1n) is 6.70. The zero-order chi connectivity index (χ0) is 11.7. The fourth-order valence-electron chi connectivity index (χ4n) is 2.72. The summed E-state index contributed by atoms with van der Waals surface area (Å²) in [5.41, 5.74) is 2.57. The Balaban J connectivity index is 1.63. The number of aliphatic hydroxyl groups is 1. The van der Waals surface area contributed by atoms with Crippen LogP contribution in [0.1, 0.15) is 43.0 Å². The van der Waals surface area contributed by atoms with E-state index >= 15 is 0 Å². The number of aromatic nitrogens is 1. The normalized spacial score (nSPS) is 25.4. The van der Waals surface area contributed by atoms with E-state index in [1.54, 1.807) is 0 Å². The number of nitrogens with zero attached hydrogens (tertiary/aromatic N) is 1. The summed E-state index contributed by atoms with van der Waals surface area (Å²) in [4.78, 5) is 4.49. The summed E-state index contributed by atoms with van der Waals surface area (Å²) in [6.45, 7) is 0.714. The number of pyridine rings is 1. The van der Waals surface area contributed by atoms with Gasteiger partial charge in [0.1, 0.15) is 0 Å². The van der Waals surface area contributed by atoms with Gasteiger partial charge in [0, 0.05) is 18.8 Å². The van der Waals surface area contributed by atoms with Crippen LogP contribution in [0, 0.1) is 5.92 Å². The Hall–Kier alpha value is -0.930. The Kier molecular flexibility index (Phi) is 3.12. The first-order valence-corrected chi connectivity index (χ1v) is 6.70. The molecule has 1 aromatic heterocycles. The first-order chi connectivity index (χ1) is 8.34. The van der Waals surface area contributed by atoms with Crippen LogP contribution in [-0.2, 0) is 6.42 Å². The lowest BCUT2D eigenvalue weighted by Gasteiger charge is -2.26. The predicted octanol–water partition coefficient (Wildman–Crippen LogP) is 1.82. The van der Waals surface area contributed by atoms with Crippen LogP contribution in [0.5, 0.6) is 0 Å². The summed E-state index contributed by atoms with van der Waals surface area (Å²) in [7, 11) is 0. The molecule has 1 aromatic rings. The minimum atomic E-state index is -0.163. The van der Waals surface area contributed by atoms with Crippen LogP contribution >= 0.6 is 0 Å². The molecule has 1 fully saturated rings. The molecule has 3 rings (SSSR count). The molecular formula is C14H20N2O. The number of hydrogen-bond acceptors (Lipinski definition) is 3. The summed E-state index contributed by atoms with van der Waals surface area (Å²) in [5, 5.41) is 13.4. The van der Waals surface area contributed by atoms with Crippen molar-refractivity contribution in [3.63, 3.8) is 0 Å². The molecule has 17 heavy (non-hydrogen) atoms. The van der Waals surface area contributed by atoms with Crippen molar-refractivity contribution >= 4 is 0 Å².